The van der Waals surface area contributed by atoms with Crippen LogP contribution in [0.1, 0.15) is 12.0 Å². The molecule has 2 aromatic carbocycles. The van der Waals surface area contributed by atoms with Crippen LogP contribution in [0.15, 0.2) is 36.5 Å². The van der Waals surface area contributed by atoms with E-state index in [9.17, 15) is 4.39 Å². The van der Waals surface area contributed by atoms with E-state index in [2.05, 4.69) is 26.2 Å². The molecule has 33 heavy (non-hydrogen) atoms. The van der Waals surface area contributed by atoms with Gasteiger partial charge in [0.1, 0.15) is 22.8 Å². The van der Waals surface area contributed by atoms with Crippen LogP contribution in [0.2, 0.25) is 0 Å². The predicted octanol–water partition coefficient (Wildman–Crippen LogP) is 3.91. The Hall–Kier alpha value is -3.83. The van der Waals surface area contributed by atoms with Gasteiger partial charge >= 0.3 is 6.01 Å². The van der Waals surface area contributed by atoms with Crippen molar-refractivity contribution in [1.82, 2.24) is 20.3 Å². The summed E-state index contributed by atoms with van der Waals surface area (Å²) in [6.07, 6.45) is 8.08. The minimum Gasteiger partial charge on any atom is -0.467 e. The maximum atomic E-state index is 16.0. The molecular formula is C25H21F2N5O. The maximum absolute atomic E-state index is 16.0. The molecule has 1 N–H and O–H groups in total. The lowest BCUT2D eigenvalue weighted by molar-refractivity contribution is 0.381. The number of terminal acetylenes is 1. The number of pyridine rings is 1. The van der Waals surface area contributed by atoms with Crippen molar-refractivity contribution in [2.45, 2.75) is 12.5 Å². The van der Waals surface area contributed by atoms with E-state index in [0.717, 1.165) is 19.5 Å². The van der Waals surface area contributed by atoms with Crippen molar-refractivity contribution in [1.29, 1.82) is 0 Å². The summed E-state index contributed by atoms with van der Waals surface area (Å²) in [5, 5.41) is 4.91. The predicted molar refractivity (Wildman–Crippen MR) is 124 cm³/mol. The summed E-state index contributed by atoms with van der Waals surface area (Å²) in [5.74, 6) is 1.74. The number of hydrogen-bond acceptors (Lipinski definition) is 6. The summed E-state index contributed by atoms with van der Waals surface area (Å²) < 4.78 is 35.7. The molecule has 0 amide bonds. The SMILES string of the molecule is C#Cc1c(F)ccc2cccc(-c3ncc4c(N(C)C5CCNC5)nc(OC)nc4c3F)c12. The van der Waals surface area contributed by atoms with Gasteiger partial charge in [-0.05, 0) is 24.4 Å². The molecule has 0 radical (unpaired) electrons. The van der Waals surface area contributed by atoms with Crippen molar-refractivity contribution in [2.24, 2.45) is 0 Å². The van der Waals surface area contributed by atoms with Crippen molar-refractivity contribution in [2.75, 3.05) is 32.1 Å². The molecule has 1 saturated heterocycles. The number of anilines is 1. The zero-order valence-electron chi connectivity index (χ0n) is 18.2. The smallest absolute Gasteiger partial charge is 0.318 e. The van der Waals surface area contributed by atoms with Gasteiger partial charge in [0.15, 0.2) is 5.82 Å². The van der Waals surface area contributed by atoms with Crippen LogP contribution in [0.4, 0.5) is 14.6 Å². The first-order chi connectivity index (χ1) is 16.0. The molecule has 0 aliphatic carbocycles. The molecule has 1 unspecified atom stereocenters. The van der Waals surface area contributed by atoms with Gasteiger partial charge in [0.05, 0.1) is 18.1 Å². The fraction of sp³-hybridized carbons (Fsp3) is 0.240. The molecule has 3 heterocycles. The van der Waals surface area contributed by atoms with Crippen LogP contribution in [-0.4, -0.2) is 48.2 Å². The Labute approximate surface area is 189 Å². The number of methoxy groups -OCH3 is 1. The Kier molecular flexibility index (Phi) is 5.27. The first kappa shape index (κ1) is 21.0. The molecular weight excluding hydrogens is 424 g/mol. The zero-order valence-corrected chi connectivity index (χ0v) is 18.2. The van der Waals surface area contributed by atoms with Gasteiger partial charge in [-0.3, -0.25) is 4.98 Å². The van der Waals surface area contributed by atoms with E-state index in [0.29, 0.717) is 27.5 Å². The standard InChI is InChI=1S/C25H21F2N5O/c1-4-16-19(26)9-8-14-6-5-7-17(20(14)16)22-21(27)23-18(13-29-22)24(31-25(30-23)33-3)32(2)15-10-11-28-12-15/h1,5-9,13,15,28H,10-12H2,2-3H3. The molecule has 1 atom stereocenters. The molecule has 1 aliphatic heterocycles. The van der Waals surface area contributed by atoms with Gasteiger partial charge in [-0.1, -0.05) is 30.2 Å². The maximum Gasteiger partial charge on any atom is 0.318 e. The van der Waals surface area contributed by atoms with Crippen LogP contribution in [0.25, 0.3) is 32.9 Å². The molecule has 6 nitrogen and oxygen atoms in total. The Morgan fingerprint density at radius 3 is 2.79 bits per heavy atom. The number of halogens is 2. The Balaban J connectivity index is 1.77. The molecule has 5 rings (SSSR count). The second-order valence-electron chi connectivity index (χ2n) is 7.94. The molecule has 2 aromatic heterocycles. The molecule has 8 heteroatoms. The lowest BCUT2D eigenvalue weighted by Gasteiger charge is -2.26. The van der Waals surface area contributed by atoms with Gasteiger partial charge in [-0.2, -0.15) is 9.97 Å². The highest BCUT2D eigenvalue weighted by Crippen LogP contribution is 2.36. The van der Waals surface area contributed by atoms with Gasteiger partial charge in [0.2, 0.25) is 0 Å². The van der Waals surface area contributed by atoms with E-state index in [1.807, 2.05) is 11.9 Å². The fourth-order valence-corrected chi connectivity index (χ4v) is 4.40. The molecule has 0 saturated carbocycles. The van der Waals surface area contributed by atoms with Crippen molar-refractivity contribution in [3.05, 3.63) is 53.7 Å². The van der Waals surface area contributed by atoms with E-state index in [1.54, 1.807) is 30.5 Å². The third-order valence-electron chi connectivity index (χ3n) is 6.14. The first-order valence-electron chi connectivity index (χ1n) is 10.6. The third-order valence-corrected chi connectivity index (χ3v) is 6.14. The molecule has 1 aliphatic rings. The van der Waals surface area contributed by atoms with Gasteiger partial charge in [-0.25, -0.2) is 8.78 Å². The van der Waals surface area contributed by atoms with E-state index in [-0.39, 0.29) is 28.8 Å². The second kappa shape index (κ2) is 8.26. The van der Waals surface area contributed by atoms with Crippen molar-refractivity contribution in [3.8, 4) is 29.6 Å². The van der Waals surface area contributed by atoms with Crippen LogP contribution >= 0.6 is 0 Å². The van der Waals surface area contributed by atoms with Crippen molar-refractivity contribution >= 4 is 27.5 Å². The monoisotopic (exact) mass is 445 g/mol. The second-order valence-corrected chi connectivity index (χ2v) is 7.94. The number of likely N-dealkylation sites (N-methyl/N-ethyl adjacent to an activating group) is 1. The topological polar surface area (TPSA) is 63.2 Å². The molecule has 0 spiro atoms. The number of fused-ring (bicyclic) bond motifs is 2. The van der Waals surface area contributed by atoms with Gasteiger partial charge in [0, 0.05) is 36.8 Å². The lowest BCUT2D eigenvalue weighted by atomic mass is 9.96. The highest BCUT2D eigenvalue weighted by molar-refractivity contribution is 6.02. The number of nitrogens with zero attached hydrogens (tertiary/aromatic N) is 4. The molecule has 4 aromatic rings. The van der Waals surface area contributed by atoms with E-state index >= 15 is 4.39 Å². The number of hydrogen-bond donors (Lipinski definition) is 1. The fourth-order valence-electron chi connectivity index (χ4n) is 4.40. The number of ether oxygens (including phenoxy) is 1. The zero-order chi connectivity index (χ0) is 23.1. The molecule has 1 fully saturated rings. The summed E-state index contributed by atoms with van der Waals surface area (Å²) in [4.78, 5) is 15.2. The van der Waals surface area contributed by atoms with E-state index in [1.165, 1.54) is 13.2 Å². The number of rotatable bonds is 4. The minimum absolute atomic E-state index is 0.0343. The Morgan fingerprint density at radius 2 is 2.06 bits per heavy atom. The molecule has 0 bridgehead atoms. The number of nitrogens with one attached hydrogen (secondary N) is 1. The van der Waals surface area contributed by atoms with E-state index < -0.39 is 11.6 Å². The largest absolute Gasteiger partial charge is 0.467 e. The Bertz CT molecular complexity index is 1430. The highest BCUT2D eigenvalue weighted by atomic mass is 19.1. The van der Waals surface area contributed by atoms with Crippen LogP contribution in [0, 0.1) is 24.0 Å². The summed E-state index contributed by atoms with van der Waals surface area (Å²) >= 11 is 0. The summed E-state index contributed by atoms with van der Waals surface area (Å²) in [6, 6.07) is 8.41. The van der Waals surface area contributed by atoms with Gasteiger partial charge < -0.3 is 15.0 Å². The summed E-state index contributed by atoms with van der Waals surface area (Å²) in [5.41, 5.74) is 0.577. The number of aromatic nitrogens is 3. The molecule has 166 valence electrons. The Morgan fingerprint density at radius 1 is 1.21 bits per heavy atom. The van der Waals surface area contributed by atoms with E-state index in [4.69, 9.17) is 11.2 Å². The van der Waals surface area contributed by atoms with Crippen LogP contribution in [0.5, 0.6) is 6.01 Å². The van der Waals surface area contributed by atoms with Crippen LogP contribution in [-0.2, 0) is 0 Å². The van der Waals surface area contributed by atoms with Crippen molar-refractivity contribution < 1.29 is 13.5 Å². The minimum atomic E-state index is -0.646. The average molecular weight is 445 g/mol. The lowest BCUT2D eigenvalue weighted by Crippen LogP contribution is -2.34. The van der Waals surface area contributed by atoms with Gasteiger partial charge in [-0.15, -0.1) is 6.42 Å². The number of benzene rings is 2. The van der Waals surface area contributed by atoms with Crippen LogP contribution in [0.3, 0.4) is 0 Å². The third kappa shape index (κ3) is 3.41. The summed E-state index contributed by atoms with van der Waals surface area (Å²) in [7, 11) is 3.35. The highest BCUT2D eigenvalue weighted by Gasteiger charge is 2.25. The average Bonchev–Trinajstić information content (AvgIpc) is 3.38. The normalized spacial score (nSPS) is 15.7. The van der Waals surface area contributed by atoms with Crippen molar-refractivity contribution in [3.63, 3.8) is 0 Å². The quantitative estimate of drug-likeness (QED) is 0.481. The first-order valence-corrected chi connectivity index (χ1v) is 10.6. The van der Waals surface area contributed by atoms with Gasteiger partial charge in [0.25, 0.3) is 0 Å². The van der Waals surface area contributed by atoms with Crippen LogP contribution < -0.4 is 15.0 Å². The summed E-state index contributed by atoms with van der Waals surface area (Å²) in [6.45, 7) is 1.70.